The summed E-state index contributed by atoms with van der Waals surface area (Å²) in [7, 11) is -4.23. The van der Waals surface area contributed by atoms with Crippen molar-refractivity contribution in [2.24, 2.45) is 11.1 Å². The molecular formula is C23H24BrFN4O6S. The fraction of sp³-hybridized carbons (Fsp3) is 0.348. The van der Waals surface area contributed by atoms with Crippen molar-refractivity contribution in [2.75, 3.05) is 11.9 Å². The molecule has 1 aliphatic carbocycles. The lowest BCUT2D eigenvalue weighted by Gasteiger charge is -2.17. The Morgan fingerprint density at radius 1 is 1.39 bits per heavy atom. The van der Waals surface area contributed by atoms with E-state index in [0.717, 1.165) is 15.6 Å². The quantitative estimate of drug-likeness (QED) is 0.322. The maximum atomic E-state index is 14.8. The van der Waals surface area contributed by atoms with E-state index in [0.29, 0.717) is 12.2 Å². The number of nitrogens with two attached hydrogens (primary N) is 1. The maximum absolute atomic E-state index is 14.8. The molecule has 36 heavy (non-hydrogen) atoms. The van der Waals surface area contributed by atoms with E-state index in [-0.39, 0.29) is 23.6 Å². The molecule has 1 aromatic carbocycles. The van der Waals surface area contributed by atoms with Crippen molar-refractivity contribution in [3.05, 3.63) is 75.5 Å². The third-order valence-electron chi connectivity index (χ3n) is 6.00. The van der Waals surface area contributed by atoms with E-state index in [1.807, 2.05) is 24.3 Å². The zero-order chi connectivity index (χ0) is 26.0. The van der Waals surface area contributed by atoms with Crippen LogP contribution >= 0.6 is 15.9 Å². The van der Waals surface area contributed by atoms with Crippen LogP contribution in [0, 0.1) is 12.8 Å². The Bertz CT molecular complexity index is 1370. The summed E-state index contributed by atoms with van der Waals surface area (Å²) < 4.78 is 48.1. The van der Waals surface area contributed by atoms with Gasteiger partial charge in [-0.15, -0.1) is 0 Å². The number of nitrogens with one attached hydrogen (secondary N) is 1. The van der Waals surface area contributed by atoms with Gasteiger partial charge in [0.15, 0.2) is 5.76 Å². The summed E-state index contributed by atoms with van der Waals surface area (Å²) in [6.07, 6.45) is -0.177. The van der Waals surface area contributed by atoms with Crippen LogP contribution in [0.15, 0.2) is 51.7 Å². The number of aryl methyl sites for hydroxylation is 1. The first-order valence-electron chi connectivity index (χ1n) is 11.0. The summed E-state index contributed by atoms with van der Waals surface area (Å²) in [5.74, 6) is -0.594. The number of anilines is 1. The standard InChI is InChI=1S/C23H24BrFN4O6S/c1-12-14(5-13-3-2-4-16(24)6-13)8-19(35-12)22(31)17-9-27-11-28-23(17)29-18-7-15(21(30)20(18)25)10-34-36(26,32)33/h2-4,6,8-9,11,15,18,20-21,30H,5,7,10H2,1H3,(H2,26,32,33)(H,27,28,29)/t15-,18-,20-,21-/m1/s1. The molecular weight excluding hydrogens is 559 g/mol. The average Bonchev–Trinajstić information content (AvgIpc) is 3.31. The maximum Gasteiger partial charge on any atom is 0.333 e. The predicted octanol–water partition coefficient (Wildman–Crippen LogP) is 2.68. The van der Waals surface area contributed by atoms with Gasteiger partial charge in [-0.3, -0.25) is 8.98 Å². The molecule has 13 heteroatoms. The van der Waals surface area contributed by atoms with E-state index in [4.69, 9.17) is 9.56 Å². The van der Waals surface area contributed by atoms with E-state index in [1.165, 1.54) is 12.5 Å². The van der Waals surface area contributed by atoms with E-state index >= 15 is 0 Å². The first-order chi connectivity index (χ1) is 17.0. The third kappa shape index (κ3) is 6.16. The van der Waals surface area contributed by atoms with Crippen molar-refractivity contribution in [3.8, 4) is 0 Å². The smallest absolute Gasteiger partial charge is 0.333 e. The molecule has 4 rings (SSSR count). The second kappa shape index (κ2) is 10.7. The first-order valence-corrected chi connectivity index (χ1v) is 13.2. The van der Waals surface area contributed by atoms with E-state index in [1.54, 1.807) is 13.0 Å². The number of carbonyl (C=O) groups excluding carboxylic acids is 1. The van der Waals surface area contributed by atoms with E-state index < -0.39 is 46.9 Å². The van der Waals surface area contributed by atoms with Gasteiger partial charge in [0, 0.05) is 23.0 Å². The van der Waals surface area contributed by atoms with Gasteiger partial charge in [0.2, 0.25) is 5.78 Å². The van der Waals surface area contributed by atoms with Gasteiger partial charge in [-0.1, -0.05) is 28.1 Å². The van der Waals surface area contributed by atoms with Crippen LogP contribution in [-0.4, -0.2) is 54.2 Å². The minimum atomic E-state index is -4.23. The zero-order valence-corrected chi connectivity index (χ0v) is 21.5. The van der Waals surface area contributed by atoms with Crippen molar-refractivity contribution in [1.29, 1.82) is 0 Å². The fourth-order valence-corrected chi connectivity index (χ4v) is 4.99. The largest absolute Gasteiger partial charge is 0.458 e. The molecule has 0 unspecified atom stereocenters. The molecule has 2 heterocycles. The fourth-order valence-electron chi connectivity index (χ4n) is 4.17. The summed E-state index contributed by atoms with van der Waals surface area (Å²) in [6, 6.07) is 8.49. The van der Waals surface area contributed by atoms with Crippen LogP contribution in [0.1, 0.15) is 39.4 Å². The number of carbonyl (C=O) groups is 1. The average molecular weight is 583 g/mol. The van der Waals surface area contributed by atoms with Gasteiger partial charge < -0.3 is 14.8 Å². The molecule has 1 aliphatic rings. The van der Waals surface area contributed by atoms with Gasteiger partial charge in [0.05, 0.1) is 24.3 Å². The number of nitrogens with zero attached hydrogens (tertiary/aromatic N) is 2. The zero-order valence-electron chi connectivity index (χ0n) is 19.1. The normalized spacial score (nSPS) is 22.0. The molecule has 192 valence electrons. The molecule has 4 atom stereocenters. The van der Waals surface area contributed by atoms with Crippen molar-refractivity contribution in [1.82, 2.24) is 9.97 Å². The van der Waals surface area contributed by atoms with E-state index in [2.05, 4.69) is 35.4 Å². The van der Waals surface area contributed by atoms with Gasteiger partial charge >= 0.3 is 10.3 Å². The molecule has 3 aromatic rings. The van der Waals surface area contributed by atoms with Gasteiger partial charge in [0.1, 0.15) is 24.1 Å². The van der Waals surface area contributed by atoms with Crippen molar-refractivity contribution >= 4 is 37.8 Å². The Kier molecular flexibility index (Phi) is 7.85. The Morgan fingerprint density at radius 2 is 2.17 bits per heavy atom. The number of aliphatic hydroxyl groups is 1. The lowest BCUT2D eigenvalue weighted by molar-refractivity contribution is 0.0501. The Labute approximate surface area is 215 Å². The molecule has 0 amide bonds. The highest BCUT2D eigenvalue weighted by atomic mass is 79.9. The van der Waals surface area contributed by atoms with Crippen LogP contribution in [-0.2, 0) is 20.9 Å². The Hall–Kier alpha value is -2.71. The topological polar surface area (TPSA) is 158 Å². The molecule has 10 nitrogen and oxygen atoms in total. The summed E-state index contributed by atoms with van der Waals surface area (Å²) in [5, 5.41) is 17.8. The van der Waals surface area contributed by atoms with Gasteiger partial charge in [-0.2, -0.15) is 8.42 Å². The lowest BCUT2D eigenvalue weighted by atomic mass is 10.0. The monoisotopic (exact) mass is 582 g/mol. The van der Waals surface area contributed by atoms with Crippen molar-refractivity contribution < 1.29 is 31.3 Å². The number of aliphatic hydroxyl groups excluding tert-OH is 1. The molecule has 1 saturated carbocycles. The minimum absolute atomic E-state index is 0.0200. The van der Waals surface area contributed by atoms with Gasteiger partial charge in [-0.25, -0.2) is 19.5 Å². The second-order valence-corrected chi connectivity index (χ2v) is 10.7. The molecule has 0 aliphatic heterocycles. The SMILES string of the molecule is Cc1oc(C(=O)c2cncnc2N[C@@H]2C[C@H](COS(N)(=O)=O)[C@@H](O)[C@@H]2F)cc1Cc1cccc(Br)c1. The summed E-state index contributed by atoms with van der Waals surface area (Å²) in [6.45, 7) is 1.29. The van der Waals surface area contributed by atoms with Gasteiger partial charge in [-0.05, 0) is 42.7 Å². The van der Waals surface area contributed by atoms with Crippen molar-refractivity contribution in [2.45, 2.75) is 38.1 Å². The molecule has 1 fully saturated rings. The molecule has 0 saturated heterocycles. The van der Waals surface area contributed by atoms with E-state index in [9.17, 15) is 22.7 Å². The number of hydrogen-bond acceptors (Lipinski definition) is 9. The molecule has 0 spiro atoms. The number of furan rings is 1. The number of halogens is 2. The number of ketones is 1. The van der Waals surface area contributed by atoms with Crippen LogP contribution in [0.3, 0.4) is 0 Å². The van der Waals surface area contributed by atoms with Crippen molar-refractivity contribution in [3.63, 3.8) is 0 Å². The van der Waals surface area contributed by atoms with Gasteiger partial charge in [0.25, 0.3) is 0 Å². The van der Waals surface area contributed by atoms with Crippen LogP contribution < -0.4 is 10.5 Å². The number of aromatic nitrogens is 2. The Morgan fingerprint density at radius 3 is 2.89 bits per heavy atom. The molecule has 2 aromatic heterocycles. The summed E-state index contributed by atoms with van der Waals surface area (Å²) >= 11 is 3.45. The highest BCUT2D eigenvalue weighted by Gasteiger charge is 2.44. The molecule has 0 radical (unpaired) electrons. The third-order valence-corrected chi connectivity index (χ3v) is 6.96. The number of alkyl halides is 1. The summed E-state index contributed by atoms with van der Waals surface area (Å²) in [5.41, 5.74) is 1.93. The Balaban J connectivity index is 1.51. The van der Waals surface area contributed by atoms with Crippen LogP contribution in [0.5, 0.6) is 0 Å². The highest BCUT2D eigenvalue weighted by molar-refractivity contribution is 9.10. The number of benzene rings is 1. The lowest BCUT2D eigenvalue weighted by Crippen LogP contribution is -2.33. The minimum Gasteiger partial charge on any atom is -0.458 e. The predicted molar refractivity (Wildman–Crippen MR) is 131 cm³/mol. The number of hydrogen-bond donors (Lipinski definition) is 3. The first kappa shape index (κ1) is 26.4. The second-order valence-electron chi connectivity index (χ2n) is 8.57. The van der Waals surface area contributed by atoms with Crippen LogP contribution in [0.2, 0.25) is 0 Å². The van der Waals surface area contributed by atoms with Crippen LogP contribution in [0.25, 0.3) is 0 Å². The highest BCUT2D eigenvalue weighted by Crippen LogP contribution is 2.32. The molecule has 4 N–H and O–H groups in total. The summed E-state index contributed by atoms with van der Waals surface area (Å²) in [4.78, 5) is 21.3. The molecule has 0 bridgehead atoms. The number of rotatable bonds is 9. The van der Waals surface area contributed by atoms with Crippen LogP contribution in [0.4, 0.5) is 10.2 Å².